The molecule has 6 nitrogen and oxygen atoms in total. The molecular formula is C14H23N3O3S. The zero-order valence-corrected chi connectivity index (χ0v) is 13.5. The number of hydrogen-bond acceptors (Lipinski definition) is 5. The van der Waals surface area contributed by atoms with E-state index in [0.29, 0.717) is 12.2 Å². The van der Waals surface area contributed by atoms with Crippen molar-refractivity contribution in [2.24, 2.45) is 5.73 Å². The highest BCUT2D eigenvalue weighted by Crippen LogP contribution is 2.16. The highest BCUT2D eigenvalue weighted by Gasteiger charge is 2.17. The Kier molecular flexibility index (Phi) is 6.32. The Balaban J connectivity index is 2.70. The third-order valence-corrected chi connectivity index (χ3v) is 3.88. The van der Waals surface area contributed by atoms with Crippen LogP contribution in [0.4, 0.5) is 5.69 Å². The van der Waals surface area contributed by atoms with Crippen molar-refractivity contribution < 1.29 is 13.2 Å². The first-order valence-electron chi connectivity index (χ1n) is 6.66. The molecule has 0 aliphatic heterocycles. The highest BCUT2D eigenvalue weighted by molar-refractivity contribution is 7.90. The lowest BCUT2D eigenvalue weighted by atomic mass is 10.1. The topological polar surface area (TPSA) is 92.5 Å². The number of benzene rings is 1. The van der Waals surface area contributed by atoms with E-state index in [1.807, 2.05) is 37.2 Å². The van der Waals surface area contributed by atoms with Gasteiger partial charge in [-0.1, -0.05) is 18.2 Å². The Hall–Kier alpha value is -1.44. The largest absolute Gasteiger partial charge is 0.324 e. The molecule has 0 heterocycles. The molecule has 1 atom stereocenters. The van der Waals surface area contributed by atoms with Crippen LogP contribution in [0.1, 0.15) is 12.0 Å². The molecule has 1 amide bonds. The summed E-state index contributed by atoms with van der Waals surface area (Å²) in [6.07, 6.45) is 1.24. The number of carbonyl (C=O) groups is 1. The second kappa shape index (κ2) is 7.53. The van der Waals surface area contributed by atoms with Gasteiger partial charge in [0.15, 0.2) is 0 Å². The van der Waals surface area contributed by atoms with Gasteiger partial charge in [0.2, 0.25) is 5.91 Å². The van der Waals surface area contributed by atoms with E-state index in [2.05, 4.69) is 5.32 Å². The standard InChI is InChI=1S/C14H23N3O3S/c1-17(2)10-11-6-4-5-7-13(11)16-14(18)12(15)8-9-21(3,19)20/h4-7,12H,8-10,15H2,1-3H3,(H,16,18). The number of nitrogens with two attached hydrogens (primary N) is 1. The summed E-state index contributed by atoms with van der Waals surface area (Å²) in [5.74, 6) is -0.467. The van der Waals surface area contributed by atoms with Gasteiger partial charge in [-0.05, 0) is 32.1 Å². The smallest absolute Gasteiger partial charge is 0.241 e. The lowest BCUT2D eigenvalue weighted by Crippen LogP contribution is -2.37. The number of nitrogens with one attached hydrogen (secondary N) is 1. The molecule has 0 saturated carbocycles. The van der Waals surface area contributed by atoms with E-state index >= 15 is 0 Å². The van der Waals surface area contributed by atoms with Gasteiger partial charge in [0.1, 0.15) is 9.84 Å². The SMILES string of the molecule is CN(C)Cc1ccccc1NC(=O)C(N)CCS(C)(=O)=O. The van der Waals surface area contributed by atoms with Gasteiger partial charge >= 0.3 is 0 Å². The minimum absolute atomic E-state index is 0.0963. The molecule has 0 aliphatic carbocycles. The minimum Gasteiger partial charge on any atom is -0.324 e. The fourth-order valence-electron chi connectivity index (χ4n) is 1.82. The minimum atomic E-state index is -3.12. The van der Waals surface area contributed by atoms with Crippen LogP contribution in [0.3, 0.4) is 0 Å². The molecule has 0 saturated heterocycles. The van der Waals surface area contributed by atoms with E-state index in [9.17, 15) is 13.2 Å². The van der Waals surface area contributed by atoms with Crippen molar-refractivity contribution in [2.45, 2.75) is 19.0 Å². The van der Waals surface area contributed by atoms with Crippen LogP contribution in [0.5, 0.6) is 0 Å². The molecule has 0 fully saturated rings. The predicted octanol–water partition coefficient (Wildman–Crippen LogP) is 0.449. The Bertz CT molecular complexity index is 585. The van der Waals surface area contributed by atoms with Crippen LogP contribution in [0.15, 0.2) is 24.3 Å². The molecule has 1 aromatic carbocycles. The molecule has 1 aromatic rings. The number of rotatable bonds is 7. The molecule has 0 aromatic heterocycles. The van der Waals surface area contributed by atoms with Crippen molar-refractivity contribution in [1.29, 1.82) is 0 Å². The Morgan fingerprint density at radius 3 is 2.52 bits per heavy atom. The molecule has 118 valence electrons. The first-order valence-corrected chi connectivity index (χ1v) is 8.72. The summed E-state index contributed by atoms with van der Waals surface area (Å²) < 4.78 is 22.2. The third kappa shape index (κ3) is 6.70. The average molecular weight is 313 g/mol. The quantitative estimate of drug-likeness (QED) is 0.762. The van der Waals surface area contributed by atoms with Gasteiger partial charge in [0.25, 0.3) is 0 Å². The van der Waals surface area contributed by atoms with E-state index < -0.39 is 15.9 Å². The molecule has 1 rings (SSSR count). The fraction of sp³-hybridized carbons (Fsp3) is 0.500. The lowest BCUT2D eigenvalue weighted by Gasteiger charge is -2.17. The number of sulfone groups is 1. The monoisotopic (exact) mass is 313 g/mol. The van der Waals surface area contributed by atoms with Crippen molar-refractivity contribution in [2.75, 3.05) is 31.4 Å². The summed E-state index contributed by atoms with van der Waals surface area (Å²) in [4.78, 5) is 14.0. The molecule has 0 radical (unpaired) electrons. The highest BCUT2D eigenvalue weighted by atomic mass is 32.2. The maximum absolute atomic E-state index is 12.0. The Labute approximate surface area is 126 Å². The summed E-state index contributed by atoms with van der Waals surface area (Å²) in [6.45, 7) is 0.690. The van der Waals surface area contributed by atoms with Crippen LogP contribution in [0, 0.1) is 0 Å². The number of amides is 1. The van der Waals surface area contributed by atoms with Gasteiger partial charge in [-0.2, -0.15) is 0 Å². The summed E-state index contributed by atoms with van der Waals surface area (Å²) in [7, 11) is 0.766. The van der Waals surface area contributed by atoms with E-state index in [4.69, 9.17) is 5.73 Å². The summed E-state index contributed by atoms with van der Waals surface area (Å²) in [6, 6.07) is 6.62. The zero-order chi connectivity index (χ0) is 16.0. The molecule has 21 heavy (non-hydrogen) atoms. The maximum Gasteiger partial charge on any atom is 0.241 e. The van der Waals surface area contributed by atoms with Crippen LogP contribution in [-0.2, 0) is 21.2 Å². The van der Waals surface area contributed by atoms with Crippen molar-refractivity contribution in [3.63, 3.8) is 0 Å². The fourth-order valence-corrected chi connectivity index (χ4v) is 2.50. The molecule has 0 bridgehead atoms. The first-order chi connectivity index (χ1) is 9.69. The number of para-hydroxylation sites is 1. The van der Waals surface area contributed by atoms with Gasteiger partial charge < -0.3 is 16.0 Å². The van der Waals surface area contributed by atoms with Gasteiger partial charge in [0.05, 0.1) is 11.8 Å². The van der Waals surface area contributed by atoms with Crippen LogP contribution < -0.4 is 11.1 Å². The first kappa shape index (κ1) is 17.6. The molecule has 1 unspecified atom stereocenters. The molecule has 0 aliphatic rings. The van der Waals surface area contributed by atoms with E-state index in [-0.39, 0.29) is 18.1 Å². The van der Waals surface area contributed by atoms with Crippen molar-refractivity contribution in [1.82, 2.24) is 4.90 Å². The second-order valence-corrected chi connectivity index (χ2v) is 7.67. The summed E-state index contributed by atoms with van der Waals surface area (Å²) >= 11 is 0. The second-order valence-electron chi connectivity index (χ2n) is 5.41. The molecule has 7 heteroatoms. The molecule has 0 spiro atoms. The Morgan fingerprint density at radius 1 is 1.33 bits per heavy atom. The third-order valence-electron chi connectivity index (χ3n) is 2.90. The van der Waals surface area contributed by atoms with E-state index in [1.54, 1.807) is 6.07 Å². The predicted molar refractivity (Wildman–Crippen MR) is 84.8 cm³/mol. The lowest BCUT2D eigenvalue weighted by molar-refractivity contribution is -0.117. The molecule has 3 N–H and O–H groups in total. The van der Waals surface area contributed by atoms with Crippen LogP contribution in [0.25, 0.3) is 0 Å². The van der Waals surface area contributed by atoms with Crippen LogP contribution in [-0.4, -0.2) is 51.4 Å². The summed E-state index contributed by atoms with van der Waals surface area (Å²) in [5, 5.41) is 2.77. The van der Waals surface area contributed by atoms with E-state index in [1.165, 1.54) is 0 Å². The number of hydrogen-bond donors (Lipinski definition) is 2. The normalized spacial score (nSPS) is 13.2. The zero-order valence-electron chi connectivity index (χ0n) is 12.7. The Morgan fingerprint density at radius 2 is 1.95 bits per heavy atom. The van der Waals surface area contributed by atoms with Gasteiger partial charge in [-0.3, -0.25) is 4.79 Å². The number of carbonyl (C=O) groups excluding carboxylic acids is 1. The van der Waals surface area contributed by atoms with Crippen LogP contribution in [0.2, 0.25) is 0 Å². The van der Waals surface area contributed by atoms with Crippen molar-refractivity contribution >= 4 is 21.4 Å². The van der Waals surface area contributed by atoms with Crippen LogP contribution >= 0.6 is 0 Å². The number of anilines is 1. The van der Waals surface area contributed by atoms with Crippen molar-refractivity contribution in [3.05, 3.63) is 29.8 Å². The maximum atomic E-state index is 12.0. The molecular weight excluding hydrogens is 290 g/mol. The number of nitrogens with zero attached hydrogens (tertiary/aromatic N) is 1. The van der Waals surface area contributed by atoms with Crippen molar-refractivity contribution in [3.8, 4) is 0 Å². The van der Waals surface area contributed by atoms with E-state index in [0.717, 1.165) is 11.8 Å². The van der Waals surface area contributed by atoms with Gasteiger partial charge in [0, 0.05) is 18.5 Å². The average Bonchev–Trinajstić information content (AvgIpc) is 2.36. The van der Waals surface area contributed by atoms with Gasteiger partial charge in [-0.15, -0.1) is 0 Å². The van der Waals surface area contributed by atoms with Gasteiger partial charge in [-0.25, -0.2) is 8.42 Å². The summed E-state index contributed by atoms with van der Waals surface area (Å²) in [5.41, 5.74) is 7.41.